The zero-order valence-corrected chi connectivity index (χ0v) is 17.6. The van der Waals surface area contributed by atoms with Gasteiger partial charge in [0.2, 0.25) is 10.0 Å². The highest BCUT2D eigenvalue weighted by atomic mass is 32.2. The van der Waals surface area contributed by atoms with Gasteiger partial charge in [0.25, 0.3) is 0 Å². The summed E-state index contributed by atoms with van der Waals surface area (Å²) in [5, 5.41) is 0. The van der Waals surface area contributed by atoms with Gasteiger partial charge in [0.15, 0.2) is 9.84 Å². The fraction of sp³-hybridized carbons (Fsp3) is 0.368. The second-order valence-electron chi connectivity index (χ2n) is 6.95. The van der Waals surface area contributed by atoms with Gasteiger partial charge >= 0.3 is 6.18 Å². The van der Waals surface area contributed by atoms with Gasteiger partial charge in [-0.05, 0) is 36.2 Å². The highest BCUT2D eigenvalue weighted by Gasteiger charge is 2.43. The van der Waals surface area contributed by atoms with E-state index in [1.807, 2.05) is 0 Å². The van der Waals surface area contributed by atoms with Crippen molar-refractivity contribution in [2.75, 3.05) is 18.6 Å². The molecule has 1 unspecified atom stereocenters. The highest BCUT2D eigenvalue weighted by Crippen LogP contribution is 2.37. The Morgan fingerprint density at radius 3 is 2.27 bits per heavy atom. The zero-order valence-electron chi connectivity index (χ0n) is 16.0. The fourth-order valence-corrected chi connectivity index (χ4v) is 7.06. The Hall–Kier alpha value is -2.11. The SMILES string of the molecule is COc1ccc(CN(C2CCS(=O)(=O)C2)S(=O)(=O)c2ccccc2C(F)(F)F)cc1. The molecule has 1 aliphatic rings. The molecule has 0 bridgehead atoms. The molecule has 0 saturated carbocycles. The molecule has 2 aromatic carbocycles. The van der Waals surface area contributed by atoms with Crippen LogP contribution in [0.2, 0.25) is 0 Å². The molecule has 0 spiro atoms. The second-order valence-corrected chi connectivity index (χ2v) is 11.0. The first-order chi connectivity index (χ1) is 13.9. The van der Waals surface area contributed by atoms with E-state index >= 15 is 0 Å². The maximum absolute atomic E-state index is 13.5. The first-order valence-corrected chi connectivity index (χ1v) is 12.2. The Bertz CT molecular complexity index is 1110. The summed E-state index contributed by atoms with van der Waals surface area (Å²) in [5.74, 6) is -0.122. The van der Waals surface area contributed by atoms with E-state index < -0.39 is 48.3 Å². The van der Waals surface area contributed by atoms with Crippen LogP contribution in [-0.4, -0.2) is 45.8 Å². The number of sulfonamides is 1. The van der Waals surface area contributed by atoms with Crippen molar-refractivity contribution < 1.29 is 34.7 Å². The molecule has 2 aromatic rings. The average Bonchev–Trinajstić information content (AvgIpc) is 3.05. The molecule has 0 N–H and O–H groups in total. The van der Waals surface area contributed by atoms with Gasteiger partial charge in [-0.2, -0.15) is 17.5 Å². The summed E-state index contributed by atoms with van der Waals surface area (Å²) in [7, 11) is -6.66. The molecule has 164 valence electrons. The summed E-state index contributed by atoms with van der Waals surface area (Å²) in [5.41, 5.74) is -0.793. The lowest BCUT2D eigenvalue weighted by Gasteiger charge is -2.28. The van der Waals surface area contributed by atoms with E-state index in [4.69, 9.17) is 4.74 Å². The molecule has 0 amide bonds. The number of hydrogen-bond acceptors (Lipinski definition) is 5. The molecule has 1 fully saturated rings. The number of ether oxygens (including phenoxy) is 1. The standard InChI is InChI=1S/C19H20F3NO5S2/c1-28-16-8-6-14(7-9-16)12-23(15-10-11-29(24,25)13-15)30(26,27)18-5-3-2-4-17(18)19(20,21)22/h2-9,15H,10-13H2,1H3. The molecule has 6 nitrogen and oxygen atoms in total. The van der Waals surface area contributed by atoms with Crippen LogP contribution in [0, 0.1) is 0 Å². The second kappa shape index (κ2) is 8.20. The Morgan fingerprint density at radius 2 is 1.73 bits per heavy atom. The Kier molecular flexibility index (Phi) is 6.17. The topological polar surface area (TPSA) is 80.8 Å². The number of hydrogen-bond donors (Lipinski definition) is 0. The minimum absolute atomic E-state index is 0.0197. The smallest absolute Gasteiger partial charge is 0.417 e. The maximum Gasteiger partial charge on any atom is 0.417 e. The van der Waals surface area contributed by atoms with Crippen molar-refractivity contribution in [3.63, 3.8) is 0 Å². The minimum Gasteiger partial charge on any atom is -0.497 e. The van der Waals surface area contributed by atoms with Crippen molar-refractivity contribution in [1.29, 1.82) is 0 Å². The van der Waals surface area contributed by atoms with E-state index in [1.165, 1.54) is 13.2 Å². The van der Waals surface area contributed by atoms with Crippen LogP contribution in [0.5, 0.6) is 5.75 Å². The summed E-state index contributed by atoms with van der Waals surface area (Å²) in [6, 6.07) is 9.30. The molecular weight excluding hydrogens is 443 g/mol. The minimum atomic E-state index is -4.88. The van der Waals surface area contributed by atoms with Gasteiger partial charge in [0.05, 0.1) is 29.1 Å². The Balaban J connectivity index is 2.07. The number of benzene rings is 2. The molecule has 1 heterocycles. The lowest BCUT2D eigenvalue weighted by molar-refractivity contribution is -0.139. The Labute approximate surface area is 173 Å². The summed E-state index contributed by atoms with van der Waals surface area (Å²) < 4.78 is 96.9. The summed E-state index contributed by atoms with van der Waals surface area (Å²) in [4.78, 5) is -0.893. The van der Waals surface area contributed by atoms with Crippen LogP contribution in [0.4, 0.5) is 13.2 Å². The van der Waals surface area contributed by atoms with Crippen molar-refractivity contribution in [1.82, 2.24) is 4.31 Å². The largest absolute Gasteiger partial charge is 0.497 e. The number of rotatable bonds is 6. The molecule has 0 radical (unpaired) electrons. The molecule has 30 heavy (non-hydrogen) atoms. The quantitative estimate of drug-likeness (QED) is 0.658. The van der Waals surface area contributed by atoms with Crippen LogP contribution in [-0.2, 0) is 32.6 Å². The van der Waals surface area contributed by atoms with Gasteiger partial charge in [-0.15, -0.1) is 0 Å². The number of alkyl halides is 3. The molecule has 1 saturated heterocycles. The molecule has 3 rings (SSSR count). The summed E-state index contributed by atoms with van der Waals surface area (Å²) >= 11 is 0. The maximum atomic E-state index is 13.5. The average molecular weight is 463 g/mol. The van der Waals surface area contributed by atoms with Gasteiger partial charge in [-0.1, -0.05) is 24.3 Å². The van der Waals surface area contributed by atoms with Crippen LogP contribution in [0.3, 0.4) is 0 Å². The predicted molar refractivity (Wildman–Crippen MR) is 104 cm³/mol. The monoisotopic (exact) mass is 463 g/mol. The van der Waals surface area contributed by atoms with Crippen LogP contribution >= 0.6 is 0 Å². The third kappa shape index (κ3) is 4.79. The fourth-order valence-electron chi connectivity index (χ4n) is 3.38. The van der Waals surface area contributed by atoms with E-state index in [1.54, 1.807) is 24.3 Å². The van der Waals surface area contributed by atoms with Gasteiger partial charge in [-0.3, -0.25) is 0 Å². The van der Waals surface area contributed by atoms with E-state index in [-0.39, 0.29) is 18.7 Å². The highest BCUT2D eigenvalue weighted by molar-refractivity contribution is 7.92. The van der Waals surface area contributed by atoms with Crippen LogP contribution in [0.25, 0.3) is 0 Å². The first-order valence-electron chi connectivity index (χ1n) is 8.95. The van der Waals surface area contributed by atoms with Gasteiger partial charge < -0.3 is 4.74 Å². The molecule has 1 aliphatic heterocycles. The number of nitrogens with zero attached hydrogens (tertiary/aromatic N) is 1. The van der Waals surface area contributed by atoms with Gasteiger partial charge in [-0.25, -0.2) is 16.8 Å². The summed E-state index contributed by atoms with van der Waals surface area (Å²) in [6.45, 7) is -0.265. The van der Waals surface area contributed by atoms with Crippen molar-refractivity contribution in [3.8, 4) is 5.75 Å². The van der Waals surface area contributed by atoms with Crippen LogP contribution in [0.1, 0.15) is 17.5 Å². The third-order valence-electron chi connectivity index (χ3n) is 4.89. The molecular formula is C19H20F3NO5S2. The molecule has 0 aromatic heterocycles. The van der Waals surface area contributed by atoms with Crippen molar-refractivity contribution in [2.45, 2.75) is 30.1 Å². The number of sulfone groups is 1. The van der Waals surface area contributed by atoms with Crippen molar-refractivity contribution >= 4 is 19.9 Å². The van der Waals surface area contributed by atoms with Crippen molar-refractivity contribution in [3.05, 3.63) is 59.7 Å². The molecule has 1 atom stereocenters. The van der Waals surface area contributed by atoms with Crippen LogP contribution in [0.15, 0.2) is 53.4 Å². The summed E-state index contributed by atoms with van der Waals surface area (Å²) in [6.07, 6.45) is -4.86. The Morgan fingerprint density at radius 1 is 1.10 bits per heavy atom. The first kappa shape index (κ1) is 22.6. The number of methoxy groups -OCH3 is 1. The number of halogens is 3. The van der Waals surface area contributed by atoms with E-state index in [0.717, 1.165) is 16.4 Å². The normalized spacial score (nSPS) is 19.2. The van der Waals surface area contributed by atoms with Crippen molar-refractivity contribution in [2.24, 2.45) is 0 Å². The third-order valence-corrected chi connectivity index (χ3v) is 8.60. The molecule has 0 aliphatic carbocycles. The van der Waals surface area contributed by atoms with E-state index in [9.17, 15) is 30.0 Å². The lowest BCUT2D eigenvalue weighted by atomic mass is 10.2. The lowest BCUT2D eigenvalue weighted by Crippen LogP contribution is -2.41. The van der Waals surface area contributed by atoms with E-state index in [0.29, 0.717) is 17.4 Å². The van der Waals surface area contributed by atoms with Gasteiger partial charge in [0.1, 0.15) is 5.75 Å². The zero-order chi connectivity index (χ0) is 22.2. The van der Waals surface area contributed by atoms with E-state index in [2.05, 4.69) is 0 Å². The molecule has 11 heteroatoms. The van der Waals surface area contributed by atoms with Gasteiger partial charge in [0, 0.05) is 12.6 Å². The van der Waals surface area contributed by atoms with Crippen LogP contribution < -0.4 is 4.74 Å². The predicted octanol–water partition coefficient (Wildman–Crippen LogP) is 3.09.